The Kier molecular flexibility index (Phi) is 5.78. The van der Waals surface area contributed by atoms with Gasteiger partial charge in [-0.25, -0.2) is 13.4 Å². The third-order valence-electron chi connectivity index (χ3n) is 5.29. The maximum Gasteiger partial charge on any atom is 0.252 e. The molecule has 172 valence electrons. The molecule has 0 radical (unpaired) electrons. The Morgan fingerprint density at radius 2 is 2.00 bits per heavy atom. The maximum atomic E-state index is 12.2. The van der Waals surface area contributed by atoms with E-state index in [9.17, 15) is 13.5 Å². The average molecular weight is 477 g/mol. The molecule has 3 N–H and O–H groups in total. The predicted octanol–water partition coefficient (Wildman–Crippen LogP) is 3.22. The van der Waals surface area contributed by atoms with E-state index in [0.29, 0.717) is 27.5 Å². The lowest BCUT2D eigenvalue weighted by atomic mass is 10.1. The van der Waals surface area contributed by atoms with Crippen LogP contribution in [0.5, 0.6) is 0 Å². The van der Waals surface area contributed by atoms with E-state index in [4.69, 9.17) is 4.42 Å². The molecule has 1 atom stereocenters. The predicted molar refractivity (Wildman–Crippen MR) is 126 cm³/mol. The number of fused-ring (bicyclic) bond motifs is 1. The number of hydrogen-bond acceptors (Lipinski definition) is 10. The van der Waals surface area contributed by atoms with Crippen molar-refractivity contribution in [3.05, 3.63) is 78.3 Å². The number of benzene rings is 2. The molecule has 0 unspecified atom stereocenters. The molecule has 3 heterocycles. The number of nitrogens with one attached hydrogen (secondary N) is 2. The fraction of sp³-hybridized carbons (Fsp3) is 0.130. The van der Waals surface area contributed by atoms with Crippen molar-refractivity contribution in [2.24, 2.45) is 0 Å². The minimum atomic E-state index is -3.31. The van der Waals surface area contributed by atoms with E-state index in [1.54, 1.807) is 30.4 Å². The molecule has 10 nitrogen and oxygen atoms in total. The second-order valence-electron chi connectivity index (χ2n) is 7.55. The number of rotatable bonds is 7. The summed E-state index contributed by atoms with van der Waals surface area (Å²) in [4.78, 5) is 9.21. The van der Waals surface area contributed by atoms with Gasteiger partial charge < -0.3 is 20.2 Å². The van der Waals surface area contributed by atoms with Gasteiger partial charge in [-0.2, -0.15) is 4.98 Å². The molecule has 0 spiro atoms. The minimum Gasteiger partial charge on any atom is -0.423 e. The van der Waals surface area contributed by atoms with Gasteiger partial charge in [0.05, 0.1) is 28.9 Å². The van der Waals surface area contributed by atoms with Crippen molar-refractivity contribution in [3.63, 3.8) is 0 Å². The molecule has 34 heavy (non-hydrogen) atoms. The summed E-state index contributed by atoms with van der Waals surface area (Å²) >= 11 is 0. The first kappa shape index (κ1) is 21.7. The SMILES string of the molecule is O=S1(=O)CC=Cc2cc(Nc3ncc(-c4nnco4)c(N[C@H](CO)c4ccccc4)n3)ccc21. The largest absolute Gasteiger partial charge is 0.423 e. The Morgan fingerprint density at radius 1 is 1.15 bits per heavy atom. The van der Waals surface area contributed by atoms with Gasteiger partial charge in [0.15, 0.2) is 9.84 Å². The van der Waals surface area contributed by atoms with Crippen LogP contribution in [0.15, 0.2) is 76.5 Å². The van der Waals surface area contributed by atoms with Crippen molar-refractivity contribution in [1.82, 2.24) is 20.2 Å². The molecule has 1 aliphatic rings. The summed E-state index contributed by atoms with van der Waals surface area (Å²) in [7, 11) is -3.31. The van der Waals surface area contributed by atoms with Crippen LogP contribution in [-0.4, -0.2) is 46.0 Å². The van der Waals surface area contributed by atoms with Gasteiger partial charge >= 0.3 is 0 Å². The highest BCUT2D eigenvalue weighted by Crippen LogP contribution is 2.30. The Balaban J connectivity index is 1.48. The van der Waals surface area contributed by atoms with Gasteiger partial charge in [-0.15, -0.1) is 10.2 Å². The lowest BCUT2D eigenvalue weighted by molar-refractivity contribution is 0.276. The van der Waals surface area contributed by atoms with Gasteiger partial charge in [-0.05, 0) is 29.3 Å². The van der Waals surface area contributed by atoms with Crippen molar-refractivity contribution in [3.8, 4) is 11.5 Å². The third kappa shape index (κ3) is 4.38. The van der Waals surface area contributed by atoms with Gasteiger partial charge in [0.25, 0.3) is 5.89 Å². The summed E-state index contributed by atoms with van der Waals surface area (Å²) in [5.41, 5.74) is 2.56. The smallest absolute Gasteiger partial charge is 0.252 e. The molecule has 5 rings (SSSR count). The Hall–Kier alpha value is -4.09. The molecule has 0 fully saturated rings. The molecular formula is C23H20N6O4S. The number of sulfone groups is 1. The molecular weight excluding hydrogens is 456 g/mol. The standard InChI is InChI=1S/C23H20N6O4S/c30-13-19(15-5-2-1-3-6-15)27-21-18(22-29-25-14-33-22)12-24-23(28-21)26-17-8-9-20-16(11-17)7-4-10-34(20,31)32/h1-9,11-12,14,19,30H,10,13H2,(H2,24,26,27,28)/t19-/m1/s1. The van der Waals surface area contributed by atoms with Crippen molar-refractivity contribution >= 4 is 33.4 Å². The van der Waals surface area contributed by atoms with Crippen LogP contribution in [-0.2, 0) is 9.84 Å². The van der Waals surface area contributed by atoms with Crippen LogP contribution in [0, 0.1) is 0 Å². The number of aliphatic hydroxyl groups excluding tert-OH is 1. The number of anilines is 3. The quantitative estimate of drug-likeness (QED) is 0.364. The highest BCUT2D eigenvalue weighted by Gasteiger charge is 2.21. The van der Waals surface area contributed by atoms with Crippen molar-refractivity contribution in [2.75, 3.05) is 23.0 Å². The van der Waals surface area contributed by atoms with Gasteiger partial charge in [0, 0.05) is 11.9 Å². The van der Waals surface area contributed by atoms with Crippen LogP contribution in [0.4, 0.5) is 17.5 Å². The van der Waals surface area contributed by atoms with Gasteiger partial charge in [0.1, 0.15) is 5.82 Å². The lowest BCUT2D eigenvalue weighted by Crippen LogP contribution is -2.17. The minimum absolute atomic E-state index is 0.00448. The number of hydrogen-bond donors (Lipinski definition) is 3. The number of aromatic nitrogens is 4. The summed E-state index contributed by atoms with van der Waals surface area (Å²) in [5.74, 6) is 0.862. The van der Waals surface area contributed by atoms with Gasteiger partial charge in [-0.3, -0.25) is 0 Å². The normalized spacial score (nSPS) is 14.9. The Bertz CT molecular complexity index is 1440. The Labute approximate surface area is 195 Å². The van der Waals surface area contributed by atoms with E-state index in [0.717, 1.165) is 5.56 Å². The van der Waals surface area contributed by atoms with Crippen LogP contribution in [0.1, 0.15) is 17.2 Å². The van der Waals surface area contributed by atoms with Crippen LogP contribution in [0.3, 0.4) is 0 Å². The molecule has 2 aromatic heterocycles. The zero-order valence-corrected chi connectivity index (χ0v) is 18.6. The van der Waals surface area contributed by atoms with Crippen LogP contribution < -0.4 is 10.6 Å². The molecule has 1 aliphatic heterocycles. The summed E-state index contributed by atoms with van der Waals surface area (Å²) in [6.07, 6.45) is 6.14. The zero-order chi connectivity index (χ0) is 23.5. The number of aliphatic hydroxyl groups is 1. The number of nitrogens with zero attached hydrogens (tertiary/aromatic N) is 4. The van der Waals surface area contributed by atoms with E-state index < -0.39 is 15.9 Å². The fourth-order valence-corrected chi connectivity index (χ4v) is 4.93. The van der Waals surface area contributed by atoms with Crippen molar-refractivity contribution in [1.29, 1.82) is 0 Å². The maximum absolute atomic E-state index is 12.2. The van der Waals surface area contributed by atoms with Crippen molar-refractivity contribution in [2.45, 2.75) is 10.9 Å². The first-order valence-electron chi connectivity index (χ1n) is 10.4. The van der Waals surface area contributed by atoms with Gasteiger partial charge in [0.2, 0.25) is 12.3 Å². The topological polar surface area (TPSA) is 143 Å². The monoisotopic (exact) mass is 476 g/mol. The molecule has 0 bridgehead atoms. The highest BCUT2D eigenvalue weighted by molar-refractivity contribution is 7.91. The van der Waals surface area contributed by atoms with Crippen LogP contribution in [0.2, 0.25) is 0 Å². The molecule has 2 aromatic carbocycles. The third-order valence-corrected chi connectivity index (χ3v) is 6.96. The lowest BCUT2D eigenvalue weighted by Gasteiger charge is -2.19. The Morgan fingerprint density at radius 3 is 2.76 bits per heavy atom. The molecule has 0 saturated carbocycles. The second-order valence-corrected chi connectivity index (χ2v) is 9.55. The van der Waals surface area contributed by atoms with E-state index >= 15 is 0 Å². The first-order chi connectivity index (χ1) is 16.5. The molecule has 4 aromatic rings. The average Bonchev–Trinajstić information content (AvgIpc) is 3.38. The van der Waals surface area contributed by atoms with E-state index in [1.165, 1.54) is 12.6 Å². The summed E-state index contributed by atoms with van der Waals surface area (Å²) in [5, 5.41) is 24.0. The van der Waals surface area contributed by atoms with Gasteiger partial charge in [-0.1, -0.05) is 42.5 Å². The summed E-state index contributed by atoms with van der Waals surface area (Å²) in [6, 6.07) is 14.0. The van der Waals surface area contributed by atoms with E-state index in [1.807, 2.05) is 30.3 Å². The first-order valence-corrected chi connectivity index (χ1v) is 12.0. The molecule has 0 amide bonds. The summed E-state index contributed by atoms with van der Waals surface area (Å²) < 4.78 is 29.8. The van der Waals surface area contributed by atoms with E-state index in [2.05, 4.69) is 30.8 Å². The second kappa shape index (κ2) is 9.04. The van der Waals surface area contributed by atoms with E-state index in [-0.39, 0.29) is 24.2 Å². The molecule has 0 saturated heterocycles. The zero-order valence-electron chi connectivity index (χ0n) is 17.8. The molecule has 0 aliphatic carbocycles. The fourth-order valence-electron chi connectivity index (χ4n) is 3.64. The van der Waals surface area contributed by atoms with Crippen molar-refractivity contribution < 1.29 is 17.9 Å². The highest BCUT2D eigenvalue weighted by atomic mass is 32.2. The van der Waals surface area contributed by atoms with Crippen LogP contribution in [0.25, 0.3) is 17.5 Å². The summed E-state index contributed by atoms with van der Waals surface area (Å²) in [6.45, 7) is -0.175. The molecule has 11 heteroatoms. The van der Waals surface area contributed by atoms with Crippen LogP contribution >= 0.6 is 0 Å².